The van der Waals surface area contributed by atoms with Gasteiger partial charge >= 0.3 is 0 Å². The first kappa shape index (κ1) is 16.1. The van der Waals surface area contributed by atoms with Gasteiger partial charge in [-0.3, -0.25) is 4.99 Å². The number of nitrogens with one attached hydrogen (secondary N) is 2. The predicted molar refractivity (Wildman–Crippen MR) is 99.4 cm³/mol. The Bertz CT molecular complexity index is 647. The molecule has 1 aliphatic carbocycles. The van der Waals surface area contributed by atoms with Crippen molar-refractivity contribution in [1.82, 2.24) is 10.6 Å². The Labute approximate surface area is 142 Å². The smallest absolute Gasteiger partial charge is 0.191 e. The third-order valence-corrected chi connectivity index (χ3v) is 5.69. The van der Waals surface area contributed by atoms with E-state index < -0.39 is 0 Å². The van der Waals surface area contributed by atoms with Crippen molar-refractivity contribution in [1.29, 1.82) is 0 Å². The number of thiophene rings is 1. The molecule has 122 valence electrons. The van der Waals surface area contributed by atoms with Gasteiger partial charge in [0.2, 0.25) is 0 Å². The first-order chi connectivity index (χ1) is 11.1. The molecular formula is C19H25N3S. The number of aliphatic imine (C=N–C) groups is 1. The summed E-state index contributed by atoms with van der Waals surface area (Å²) >= 11 is 1.81. The summed E-state index contributed by atoms with van der Waals surface area (Å²) in [5.74, 6) is 1.51. The summed E-state index contributed by atoms with van der Waals surface area (Å²) in [6.45, 7) is 5.40. The molecule has 2 atom stereocenters. The first-order valence-electron chi connectivity index (χ1n) is 8.16. The molecule has 2 aromatic rings. The standard InChI is InChI=1S/C19H25N3S/c1-19(2,17-10-7-11-23-17)13-21-18(20-3)22-16-12-15(16)14-8-5-4-6-9-14/h4-11,15-16H,12-13H2,1-3H3,(H2,20,21,22). The van der Waals surface area contributed by atoms with Crippen LogP contribution in [-0.2, 0) is 5.41 Å². The van der Waals surface area contributed by atoms with E-state index in [9.17, 15) is 0 Å². The Morgan fingerprint density at radius 2 is 2.00 bits per heavy atom. The van der Waals surface area contributed by atoms with Crippen molar-refractivity contribution in [3.05, 3.63) is 58.3 Å². The molecule has 1 aliphatic rings. The summed E-state index contributed by atoms with van der Waals surface area (Å²) in [7, 11) is 1.84. The molecular weight excluding hydrogens is 302 g/mol. The van der Waals surface area contributed by atoms with Gasteiger partial charge in [-0.25, -0.2) is 0 Å². The van der Waals surface area contributed by atoms with E-state index in [0.717, 1.165) is 12.5 Å². The van der Waals surface area contributed by atoms with Crippen molar-refractivity contribution >= 4 is 17.3 Å². The van der Waals surface area contributed by atoms with Gasteiger partial charge in [0.25, 0.3) is 0 Å². The Kier molecular flexibility index (Phi) is 4.71. The lowest BCUT2D eigenvalue weighted by atomic mass is 9.91. The predicted octanol–water partition coefficient (Wildman–Crippen LogP) is 3.75. The molecule has 0 saturated heterocycles. The molecule has 1 fully saturated rings. The minimum Gasteiger partial charge on any atom is -0.356 e. The molecule has 1 heterocycles. The number of hydrogen-bond donors (Lipinski definition) is 2. The maximum atomic E-state index is 4.38. The van der Waals surface area contributed by atoms with Gasteiger partial charge in [0.1, 0.15) is 0 Å². The molecule has 1 saturated carbocycles. The third-order valence-electron chi connectivity index (χ3n) is 4.45. The molecule has 0 spiro atoms. The minimum absolute atomic E-state index is 0.105. The second kappa shape index (κ2) is 6.75. The topological polar surface area (TPSA) is 36.4 Å². The van der Waals surface area contributed by atoms with Gasteiger partial charge in [-0.15, -0.1) is 11.3 Å². The second-order valence-corrected chi connectivity index (χ2v) is 7.74. The minimum atomic E-state index is 0.105. The summed E-state index contributed by atoms with van der Waals surface area (Å²) in [5.41, 5.74) is 1.52. The van der Waals surface area contributed by atoms with Crippen LogP contribution < -0.4 is 10.6 Å². The van der Waals surface area contributed by atoms with Crippen molar-refractivity contribution < 1.29 is 0 Å². The SMILES string of the molecule is CN=C(NCC(C)(C)c1cccs1)NC1CC1c1ccccc1. The van der Waals surface area contributed by atoms with Crippen LogP contribution in [0.5, 0.6) is 0 Å². The first-order valence-corrected chi connectivity index (χ1v) is 9.04. The molecule has 0 amide bonds. The Hall–Kier alpha value is -1.81. The lowest BCUT2D eigenvalue weighted by Gasteiger charge is -2.25. The Morgan fingerprint density at radius 3 is 2.65 bits per heavy atom. The fraction of sp³-hybridized carbons (Fsp3) is 0.421. The monoisotopic (exact) mass is 327 g/mol. The van der Waals surface area contributed by atoms with E-state index >= 15 is 0 Å². The van der Waals surface area contributed by atoms with Gasteiger partial charge in [0.15, 0.2) is 5.96 Å². The summed E-state index contributed by atoms with van der Waals surface area (Å²) < 4.78 is 0. The average molecular weight is 327 g/mol. The lowest BCUT2D eigenvalue weighted by Crippen LogP contribution is -2.44. The largest absolute Gasteiger partial charge is 0.356 e. The van der Waals surface area contributed by atoms with Crippen molar-refractivity contribution in [2.75, 3.05) is 13.6 Å². The average Bonchev–Trinajstić information content (AvgIpc) is 3.09. The van der Waals surface area contributed by atoms with Crippen LogP contribution in [-0.4, -0.2) is 25.6 Å². The van der Waals surface area contributed by atoms with Crippen LogP contribution >= 0.6 is 11.3 Å². The van der Waals surface area contributed by atoms with E-state index in [1.165, 1.54) is 16.9 Å². The number of benzene rings is 1. The maximum absolute atomic E-state index is 4.38. The normalized spacial score (nSPS) is 21.1. The summed E-state index contributed by atoms with van der Waals surface area (Å²) in [5, 5.41) is 9.17. The molecule has 0 bridgehead atoms. The molecule has 3 rings (SSSR count). The van der Waals surface area contributed by atoms with E-state index in [2.05, 4.69) is 77.3 Å². The number of rotatable bonds is 5. The molecule has 1 aromatic heterocycles. The van der Waals surface area contributed by atoms with Crippen LogP contribution in [0.25, 0.3) is 0 Å². The number of guanidine groups is 1. The molecule has 4 heteroatoms. The van der Waals surface area contributed by atoms with Gasteiger partial charge in [0.05, 0.1) is 0 Å². The Balaban J connectivity index is 1.52. The third kappa shape index (κ3) is 3.94. The van der Waals surface area contributed by atoms with Crippen LogP contribution in [0.3, 0.4) is 0 Å². The van der Waals surface area contributed by atoms with Gasteiger partial charge < -0.3 is 10.6 Å². The van der Waals surface area contributed by atoms with E-state index in [1.807, 2.05) is 18.4 Å². The second-order valence-electron chi connectivity index (χ2n) is 6.79. The quantitative estimate of drug-likeness (QED) is 0.648. The molecule has 2 unspecified atom stereocenters. The zero-order chi connectivity index (χ0) is 16.3. The summed E-state index contributed by atoms with van der Waals surface area (Å²) in [6.07, 6.45) is 1.18. The van der Waals surface area contributed by atoms with Crippen LogP contribution in [0.2, 0.25) is 0 Å². The highest BCUT2D eigenvalue weighted by Gasteiger charge is 2.39. The highest BCUT2D eigenvalue weighted by Crippen LogP contribution is 2.40. The molecule has 0 radical (unpaired) electrons. The van der Waals surface area contributed by atoms with Crippen molar-refractivity contribution in [2.24, 2.45) is 4.99 Å². The van der Waals surface area contributed by atoms with Crippen LogP contribution in [0.1, 0.15) is 36.6 Å². The van der Waals surface area contributed by atoms with E-state index in [-0.39, 0.29) is 5.41 Å². The lowest BCUT2D eigenvalue weighted by molar-refractivity contribution is 0.518. The molecule has 23 heavy (non-hydrogen) atoms. The van der Waals surface area contributed by atoms with E-state index in [0.29, 0.717) is 12.0 Å². The summed E-state index contributed by atoms with van der Waals surface area (Å²) in [6, 6.07) is 15.5. The van der Waals surface area contributed by atoms with Crippen LogP contribution in [0.4, 0.5) is 0 Å². The fourth-order valence-electron chi connectivity index (χ4n) is 2.85. The molecule has 0 aliphatic heterocycles. The van der Waals surface area contributed by atoms with Crippen molar-refractivity contribution in [3.8, 4) is 0 Å². The van der Waals surface area contributed by atoms with E-state index in [1.54, 1.807) is 0 Å². The highest BCUT2D eigenvalue weighted by atomic mass is 32.1. The fourth-order valence-corrected chi connectivity index (χ4v) is 3.70. The molecule has 2 N–H and O–H groups in total. The number of hydrogen-bond acceptors (Lipinski definition) is 2. The van der Waals surface area contributed by atoms with Gasteiger partial charge in [-0.1, -0.05) is 50.2 Å². The number of nitrogens with zero attached hydrogens (tertiary/aromatic N) is 1. The zero-order valence-electron chi connectivity index (χ0n) is 14.0. The van der Waals surface area contributed by atoms with Crippen LogP contribution in [0.15, 0.2) is 52.8 Å². The Morgan fingerprint density at radius 1 is 1.22 bits per heavy atom. The van der Waals surface area contributed by atoms with Gasteiger partial charge in [0, 0.05) is 35.8 Å². The molecule has 1 aromatic carbocycles. The van der Waals surface area contributed by atoms with Gasteiger partial charge in [-0.05, 0) is 23.4 Å². The zero-order valence-corrected chi connectivity index (χ0v) is 14.9. The highest BCUT2D eigenvalue weighted by molar-refractivity contribution is 7.10. The van der Waals surface area contributed by atoms with Crippen molar-refractivity contribution in [3.63, 3.8) is 0 Å². The maximum Gasteiger partial charge on any atom is 0.191 e. The molecule has 3 nitrogen and oxygen atoms in total. The van der Waals surface area contributed by atoms with E-state index in [4.69, 9.17) is 0 Å². The van der Waals surface area contributed by atoms with Crippen LogP contribution in [0, 0.1) is 0 Å². The summed E-state index contributed by atoms with van der Waals surface area (Å²) in [4.78, 5) is 5.78. The van der Waals surface area contributed by atoms with Gasteiger partial charge in [-0.2, -0.15) is 0 Å². The van der Waals surface area contributed by atoms with Crippen molar-refractivity contribution in [2.45, 2.75) is 37.6 Å².